The second-order valence-corrected chi connectivity index (χ2v) is 11.0. The van der Waals surface area contributed by atoms with E-state index in [1.165, 1.54) is 11.3 Å². The number of hydrogen-bond donors (Lipinski definition) is 4. The number of aromatic amines is 2. The number of imidazole rings is 2. The van der Waals surface area contributed by atoms with E-state index < -0.39 is 0 Å². The number of hydrogen-bond acceptors (Lipinski definition) is 7. The van der Waals surface area contributed by atoms with Gasteiger partial charge < -0.3 is 30.9 Å². The molecule has 0 saturated carbocycles. The first-order valence-corrected chi connectivity index (χ1v) is 13.7. The summed E-state index contributed by atoms with van der Waals surface area (Å²) in [5, 5.41) is 0. The van der Waals surface area contributed by atoms with Crippen LogP contribution in [0.2, 0.25) is 0 Å². The predicted octanol–water partition coefficient (Wildman–Crippen LogP) is 5.68. The molecule has 0 radical (unpaired) electrons. The maximum atomic E-state index is 6.20. The van der Waals surface area contributed by atoms with Crippen molar-refractivity contribution in [1.29, 1.82) is 0 Å². The molecule has 4 heterocycles. The molecular formula is C28H32Cl2N8O2S. The highest BCUT2D eigenvalue weighted by Gasteiger charge is 2.29. The van der Waals surface area contributed by atoms with E-state index in [2.05, 4.69) is 20.0 Å². The van der Waals surface area contributed by atoms with Crippen molar-refractivity contribution < 1.29 is 9.47 Å². The van der Waals surface area contributed by atoms with E-state index in [1.807, 2.05) is 64.1 Å². The van der Waals surface area contributed by atoms with E-state index in [0.717, 1.165) is 42.9 Å². The van der Waals surface area contributed by atoms with E-state index in [9.17, 15) is 0 Å². The molecule has 2 aromatic carbocycles. The van der Waals surface area contributed by atoms with Crippen LogP contribution < -0.4 is 20.9 Å². The monoisotopic (exact) mass is 614 g/mol. The summed E-state index contributed by atoms with van der Waals surface area (Å²) in [4.78, 5) is 27.1. The molecule has 0 atom stereocenters. The fraction of sp³-hybridized carbons (Fsp3) is 0.286. The van der Waals surface area contributed by atoms with Crippen LogP contribution in [0.5, 0.6) is 11.5 Å². The molecule has 0 aliphatic carbocycles. The van der Waals surface area contributed by atoms with Crippen LogP contribution in [0, 0.1) is 0 Å². The summed E-state index contributed by atoms with van der Waals surface area (Å²) in [5.41, 5.74) is 17.5. The lowest BCUT2D eigenvalue weighted by Gasteiger charge is -2.16. The molecular weight excluding hydrogens is 583 g/mol. The average molecular weight is 616 g/mol. The normalized spacial score (nSPS) is 13.6. The van der Waals surface area contributed by atoms with Crippen LogP contribution in [-0.2, 0) is 0 Å². The molecule has 6 N–H and O–H groups in total. The summed E-state index contributed by atoms with van der Waals surface area (Å²) in [7, 11) is 0. The zero-order valence-corrected chi connectivity index (χ0v) is 25.5. The Balaban J connectivity index is 0.00000194. The number of benzene rings is 2. The van der Waals surface area contributed by atoms with Gasteiger partial charge in [-0.05, 0) is 64.1 Å². The molecule has 6 rings (SSSR count). The molecule has 1 aliphatic rings. The number of H-pyrrole nitrogens is 2. The number of halogens is 2. The molecule has 216 valence electrons. The Morgan fingerprint density at radius 2 is 1.17 bits per heavy atom. The van der Waals surface area contributed by atoms with Gasteiger partial charge in [0.15, 0.2) is 23.1 Å². The highest BCUT2D eigenvalue weighted by Crippen LogP contribution is 2.52. The van der Waals surface area contributed by atoms with Gasteiger partial charge in [0.2, 0.25) is 0 Å². The minimum Gasteiger partial charge on any atom is -0.484 e. The Morgan fingerprint density at radius 3 is 1.56 bits per heavy atom. The minimum atomic E-state index is 0. The number of rotatable bonds is 6. The van der Waals surface area contributed by atoms with E-state index in [0.29, 0.717) is 48.0 Å². The zero-order chi connectivity index (χ0) is 27.3. The first-order chi connectivity index (χ1) is 18.8. The molecule has 1 aliphatic heterocycles. The van der Waals surface area contributed by atoms with E-state index in [4.69, 9.17) is 30.9 Å². The van der Waals surface area contributed by atoms with Gasteiger partial charge in [-0.25, -0.2) is 9.97 Å². The molecule has 13 heteroatoms. The highest BCUT2D eigenvalue weighted by molar-refractivity contribution is 7.19. The van der Waals surface area contributed by atoms with Gasteiger partial charge in [0.25, 0.3) is 0 Å². The van der Waals surface area contributed by atoms with Gasteiger partial charge in [-0.2, -0.15) is 0 Å². The molecule has 0 unspecified atom stereocenters. The van der Waals surface area contributed by atoms with Gasteiger partial charge in [-0.15, -0.1) is 36.2 Å². The summed E-state index contributed by atoms with van der Waals surface area (Å²) in [6.07, 6.45) is 0. The molecule has 0 bridgehead atoms. The van der Waals surface area contributed by atoms with Crippen LogP contribution in [-0.4, -0.2) is 56.9 Å². The molecule has 5 aromatic rings. The lowest BCUT2D eigenvalue weighted by atomic mass is 10.2. The van der Waals surface area contributed by atoms with Gasteiger partial charge in [0.05, 0.1) is 22.1 Å². The van der Waals surface area contributed by atoms with E-state index in [-0.39, 0.29) is 36.9 Å². The van der Waals surface area contributed by atoms with Crippen molar-refractivity contribution in [1.82, 2.24) is 19.9 Å². The zero-order valence-electron chi connectivity index (χ0n) is 23.0. The number of nitrogens with one attached hydrogen (secondary N) is 2. The van der Waals surface area contributed by atoms with Crippen molar-refractivity contribution in [3.8, 4) is 32.9 Å². The highest BCUT2D eigenvalue weighted by atomic mass is 35.5. The van der Waals surface area contributed by atoms with Crippen molar-refractivity contribution in [2.75, 3.05) is 13.2 Å². The Morgan fingerprint density at radius 1 is 0.756 bits per heavy atom. The molecule has 0 fully saturated rings. The number of thiophene rings is 1. The van der Waals surface area contributed by atoms with Crippen molar-refractivity contribution in [3.05, 3.63) is 47.5 Å². The Labute approximate surface area is 253 Å². The maximum Gasteiger partial charge on any atom is 0.183 e. The fourth-order valence-corrected chi connectivity index (χ4v) is 5.60. The molecule has 10 nitrogen and oxygen atoms in total. The Kier molecular flexibility index (Phi) is 8.81. The summed E-state index contributed by atoms with van der Waals surface area (Å²) in [6, 6.07) is 11.9. The minimum absolute atomic E-state index is 0. The number of nitrogens with zero attached hydrogens (tertiary/aromatic N) is 4. The van der Waals surface area contributed by atoms with Gasteiger partial charge in [-0.3, -0.25) is 9.98 Å². The van der Waals surface area contributed by atoms with Gasteiger partial charge >= 0.3 is 0 Å². The van der Waals surface area contributed by atoms with Crippen molar-refractivity contribution in [3.63, 3.8) is 0 Å². The summed E-state index contributed by atoms with van der Waals surface area (Å²) in [5.74, 6) is 3.71. The lowest BCUT2D eigenvalue weighted by Crippen LogP contribution is -2.15. The maximum absolute atomic E-state index is 6.20. The van der Waals surface area contributed by atoms with Crippen LogP contribution in [0.3, 0.4) is 0 Å². The van der Waals surface area contributed by atoms with Crippen molar-refractivity contribution in [2.24, 2.45) is 21.5 Å². The second kappa shape index (κ2) is 12.0. The third kappa shape index (κ3) is 5.83. The second-order valence-electron chi connectivity index (χ2n) is 9.97. The number of ether oxygens (including phenoxy) is 2. The smallest absolute Gasteiger partial charge is 0.183 e. The van der Waals surface area contributed by atoms with Crippen LogP contribution >= 0.6 is 36.2 Å². The van der Waals surface area contributed by atoms with Crippen LogP contribution in [0.15, 0.2) is 46.4 Å². The van der Waals surface area contributed by atoms with Gasteiger partial charge in [0, 0.05) is 23.2 Å². The van der Waals surface area contributed by atoms with Gasteiger partial charge in [0.1, 0.15) is 34.6 Å². The fourth-order valence-electron chi connectivity index (χ4n) is 4.52. The average Bonchev–Trinajstić information content (AvgIpc) is 3.61. The molecule has 0 amide bonds. The summed E-state index contributed by atoms with van der Waals surface area (Å²) < 4.78 is 12.2. The Hall–Kier alpha value is -3.80. The van der Waals surface area contributed by atoms with E-state index in [1.54, 1.807) is 0 Å². The molecule has 0 spiro atoms. The predicted molar refractivity (Wildman–Crippen MR) is 172 cm³/mol. The van der Waals surface area contributed by atoms with Crippen LogP contribution in [0.25, 0.3) is 43.5 Å². The van der Waals surface area contributed by atoms with Gasteiger partial charge in [-0.1, -0.05) is 0 Å². The molecule has 41 heavy (non-hydrogen) atoms. The summed E-state index contributed by atoms with van der Waals surface area (Å²) in [6.45, 7) is 8.91. The number of amidine groups is 2. The third-order valence-corrected chi connectivity index (χ3v) is 7.34. The van der Waals surface area contributed by atoms with Crippen molar-refractivity contribution >= 4 is 69.9 Å². The first kappa shape index (κ1) is 30.2. The number of aromatic nitrogens is 4. The van der Waals surface area contributed by atoms with E-state index >= 15 is 0 Å². The number of aliphatic imine (C=N–C) groups is 2. The first-order valence-electron chi connectivity index (χ1n) is 12.9. The Bertz CT molecular complexity index is 1640. The SMILES string of the molecule is CC(C)N=C(N)c1ccc2nc(-c3sc(-c4nc5ccc(C(N)=NC(C)C)cc5[nH]4)c4c3OCCO4)[nH]c2c1.Cl.Cl. The topological polar surface area (TPSA) is 153 Å². The third-order valence-electron chi connectivity index (χ3n) is 6.18. The number of fused-ring (bicyclic) bond motifs is 3. The van der Waals surface area contributed by atoms with Crippen molar-refractivity contribution in [2.45, 2.75) is 39.8 Å². The number of nitrogens with two attached hydrogens (primary N) is 2. The quantitative estimate of drug-likeness (QED) is 0.143. The summed E-state index contributed by atoms with van der Waals surface area (Å²) >= 11 is 1.52. The van der Waals surface area contributed by atoms with Crippen LogP contribution in [0.1, 0.15) is 38.8 Å². The molecule has 3 aromatic heterocycles. The molecule has 0 saturated heterocycles. The lowest BCUT2D eigenvalue weighted by molar-refractivity contribution is 0.174. The largest absolute Gasteiger partial charge is 0.484 e. The standard InChI is InChI=1S/C28H30N8O2S.2ClH/c1-13(2)31-25(29)15-5-7-17-19(11-15)35-27(33-17)23-21-22(38-10-9-37-21)24(39-23)28-34-18-8-6-16(12-20(18)36-28)26(30)32-14(3)4;;/h5-8,11-14H,9-10H2,1-4H3,(H2,29,31)(H2,30,32)(H,33,35)(H,34,36);2*1H. The van der Waals surface area contributed by atoms with Crippen LogP contribution in [0.4, 0.5) is 0 Å².